The molecule has 1 atom stereocenters. The summed E-state index contributed by atoms with van der Waals surface area (Å²) < 4.78 is 0. The third kappa shape index (κ3) is 3.21. The van der Waals surface area contributed by atoms with Crippen LogP contribution in [0.4, 0.5) is 0 Å². The SMILES string of the molecule is CC(C(=O)N(C)C)N1CCN(C(C)(C)C#N)CC1. The van der Waals surface area contributed by atoms with Crippen LogP contribution in [0, 0.1) is 11.3 Å². The molecule has 1 rings (SSSR count). The van der Waals surface area contributed by atoms with Gasteiger partial charge in [-0.25, -0.2) is 0 Å². The lowest BCUT2D eigenvalue weighted by molar-refractivity contribution is -0.134. The minimum Gasteiger partial charge on any atom is -0.347 e. The first-order valence-electron chi connectivity index (χ1n) is 6.41. The Morgan fingerprint density at radius 1 is 1.28 bits per heavy atom. The number of carbonyl (C=O) groups is 1. The number of nitriles is 1. The van der Waals surface area contributed by atoms with Crippen molar-refractivity contribution in [3.63, 3.8) is 0 Å². The van der Waals surface area contributed by atoms with Crippen LogP contribution >= 0.6 is 0 Å². The highest BCUT2D eigenvalue weighted by molar-refractivity contribution is 5.80. The molecule has 0 N–H and O–H groups in total. The summed E-state index contributed by atoms with van der Waals surface area (Å²) in [6.45, 7) is 9.19. The smallest absolute Gasteiger partial charge is 0.239 e. The number of rotatable bonds is 3. The average molecular weight is 252 g/mol. The van der Waals surface area contributed by atoms with Gasteiger partial charge in [0, 0.05) is 40.3 Å². The van der Waals surface area contributed by atoms with Crippen molar-refractivity contribution in [1.29, 1.82) is 5.26 Å². The zero-order chi connectivity index (χ0) is 13.9. The van der Waals surface area contributed by atoms with Gasteiger partial charge in [-0.3, -0.25) is 14.6 Å². The van der Waals surface area contributed by atoms with Crippen LogP contribution in [0.25, 0.3) is 0 Å². The number of hydrogen-bond acceptors (Lipinski definition) is 4. The van der Waals surface area contributed by atoms with E-state index in [0.29, 0.717) is 0 Å². The molecular formula is C13H24N4O. The molecule has 1 aliphatic heterocycles. The fraction of sp³-hybridized carbons (Fsp3) is 0.846. The first-order chi connectivity index (χ1) is 8.29. The molecule has 0 radical (unpaired) electrons. The molecule has 1 fully saturated rings. The van der Waals surface area contributed by atoms with E-state index in [1.54, 1.807) is 19.0 Å². The van der Waals surface area contributed by atoms with Crippen LogP contribution in [0.15, 0.2) is 0 Å². The Bertz CT molecular complexity index is 337. The summed E-state index contributed by atoms with van der Waals surface area (Å²) in [6.07, 6.45) is 0. The molecule has 1 amide bonds. The Labute approximate surface area is 110 Å². The van der Waals surface area contributed by atoms with Crippen LogP contribution in [0.3, 0.4) is 0 Å². The minimum absolute atomic E-state index is 0.0765. The van der Waals surface area contributed by atoms with Crippen LogP contribution in [-0.4, -0.2) is 72.5 Å². The molecule has 5 nitrogen and oxygen atoms in total. The fourth-order valence-corrected chi connectivity index (χ4v) is 2.27. The van der Waals surface area contributed by atoms with Crippen LogP contribution in [-0.2, 0) is 4.79 Å². The molecule has 0 aliphatic carbocycles. The maximum atomic E-state index is 11.9. The number of hydrogen-bond donors (Lipinski definition) is 0. The number of likely N-dealkylation sites (N-methyl/N-ethyl adjacent to an activating group) is 1. The van der Waals surface area contributed by atoms with Gasteiger partial charge in [0.2, 0.25) is 5.91 Å². The lowest BCUT2D eigenvalue weighted by Crippen LogP contribution is -2.57. The van der Waals surface area contributed by atoms with Gasteiger partial charge in [-0.1, -0.05) is 0 Å². The van der Waals surface area contributed by atoms with E-state index in [0.717, 1.165) is 26.2 Å². The molecule has 0 bridgehead atoms. The Morgan fingerprint density at radius 3 is 2.17 bits per heavy atom. The zero-order valence-electron chi connectivity index (χ0n) is 12.1. The standard InChI is InChI=1S/C13H24N4O/c1-11(12(18)15(4)5)16-6-8-17(9-7-16)13(2,3)10-14/h11H,6-9H2,1-5H3. The summed E-state index contributed by atoms with van der Waals surface area (Å²) in [5, 5.41) is 9.12. The number of nitrogens with zero attached hydrogens (tertiary/aromatic N) is 4. The summed E-state index contributed by atoms with van der Waals surface area (Å²) in [5.41, 5.74) is -0.416. The van der Waals surface area contributed by atoms with Crippen LogP contribution in [0.1, 0.15) is 20.8 Å². The molecule has 0 spiro atoms. The molecule has 1 unspecified atom stereocenters. The lowest BCUT2D eigenvalue weighted by Gasteiger charge is -2.42. The highest BCUT2D eigenvalue weighted by atomic mass is 16.2. The van der Waals surface area contributed by atoms with E-state index in [1.165, 1.54) is 0 Å². The summed E-state index contributed by atoms with van der Waals surface area (Å²) in [4.78, 5) is 17.9. The van der Waals surface area contributed by atoms with Gasteiger partial charge in [0.25, 0.3) is 0 Å². The van der Waals surface area contributed by atoms with Crippen molar-refractivity contribution in [2.45, 2.75) is 32.4 Å². The quantitative estimate of drug-likeness (QED) is 0.729. The molecule has 0 aromatic heterocycles. The van der Waals surface area contributed by atoms with Crippen molar-refractivity contribution in [3.8, 4) is 6.07 Å². The van der Waals surface area contributed by atoms with Crippen LogP contribution < -0.4 is 0 Å². The maximum Gasteiger partial charge on any atom is 0.239 e. The van der Waals surface area contributed by atoms with Crippen molar-refractivity contribution in [3.05, 3.63) is 0 Å². The molecule has 1 saturated heterocycles. The van der Waals surface area contributed by atoms with Gasteiger partial charge in [0.05, 0.1) is 12.1 Å². The summed E-state index contributed by atoms with van der Waals surface area (Å²) >= 11 is 0. The van der Waals surface area contributed by atoms with Crippen molar-refractivity contribution in [1.82, 2.24) is 14.7 Å². The second-order valence-electron chi connectivity index (χ2n) is 5.60. The van der Waals surface area contributed by atoms with Crippen LogP contribution in [0.5, 0.6) is 0 Å². The zero-order valence-corrected chi connectivity index (χ0v) is 12.1. The largest absolute Gasteiger partial charge is 0.347 e. The molecule has 18 heavy (non-hydrogen) atoms. The Morgan fingerprint density at radius 2 is 1.78 bits per heavy atom. The van der Waals surface area contributed by atoms with E-state index in [9.17, 15) is 4.79 Å². The molecule has 5 heteroatoms. The van der Waals surface area contributed by atoms with Crippen LogP contribution in [0.2, 0.25) is 0 Å². The number of carbonyl (C=O) groups excluding carboxylic acids is 1. The first-order valence-corrected chi connectivity index (χ1v) is 6.41. The molecule has 1 heterocycles. The molecular weight excluding hydrogens is 228 g/mol. The molecule has 0 aromatic rings. The topological polar surface area (TPSA) is 50.6 Å². The van der Waals surface area contributed by atoms with Gasteiger partial charge in [0.15, 0.2) is 0 Å². The number of amides is 1. The van der Waals surface area contributed by atoms with Crippen molar-refractivity contribution in [2.24, 2.45) is 0 Å². The van der Waals surface area contributed by atoms with E-state index in [4.69, 9.17) is 5.26 Å². The maximum absolute atomic E-state index is 11.9. The predicted molar refractivity (Wildman–Crippen MR) is 71.0 cm³/mol. The molecule has 1 aliphatic rings. The predicted octanol–water partition coefficient (Wildman–Crippen LogP) is 0.383. The van der Waals surface area contributed by atoms with Crippen molar-refractivity contribution in [2.75, 3.05) is 40.3 Å². The molecule has 0 saturated carbocycles. The Kier molecular flexibility index (Phi) is 4.71. The Balaban J connectivity index is 2.55. The second-order valence-corrected chi connectivity index (χ2v) is 5.60. The Hall–Kier alpha value is -1.12. The van der Waals surface area contributed by atoms with E-state index < -0.39 is 5.54 Å². The van der Waals surface area contributed by atoms with E-state index >= 15 is 0 Å². The fourth-order valence-electron chi connectivity index (χ4n) is 2.27. The lowest BCUT2D eigenvalue weighted by atomic mass is 10.0. The van der Waals surface area contributed by atoms with Crippen molar-refractivity contribution < 1.29 is 4.79 Å². The molecule has 0 aromatic carbocycles. The van der Waals surface area contributed by atoms with E-state index in [1.807, 2.05) is 20.8 Å². The van der Waals surface area contributed by atoms with Gasteiger partial charge in [0.1, 0.15) is 5.54 Å². The van der Waals surface area contributed by atoms with Gasteiger partial charge in [-0.2, -0.15) is 5.26 Å². The average Bonchev–Trinajstić information content (AvgIpc) is 2.37. The highest BCUT2D eigenvalue weighted by Gasteiger charge is 2.32. The van der Waals surface area contributed by atoms with E-state index in [2.05, 4.69) is 15.9 Å². The normalized spacial score (nSPS) is 20.2. The molecule has 102 valence electrons. The van der Waals surface area contributed by atoms with Gasteiger partial charge in [-0.05, 0) is 20.8 Å². The monoisotopic (exact) mass is 252 g/mol. The third-order valence-electron chi connectivity index (χ3n) is 3.72. The number of piperazine rings is 1. The summed E-state index contributed by atoms with van der Waals surface area (Å²) in [5.74, 6) is 0.142. The van der Waals surface area contributed by atoms with E-state index in [-0.39, 0.29) is 11.9 Å². The van der Waals surface area contributed by atoms with Gasteiger partial charge >= 0.3 is 0 Å². The third-order valence-corrected chi connectivity index (χ3v) is 3.72. The van der Waals surface area contributed by atoms with Gasteiger partial charge < -0.3 is 4.90 Å². The second kappa shape index (κ2) is 5.68. The first kappa shape index (κ1) is 14.9. The minimum atomic E-state index is -0.416. The summed E-state index contributed by atoms with van der Waals surface area (Å²) in [6, 6.07) is 2.25. The summed E-state index contributed by atoms with van der Waals surface area (Å²) in [7, 11) is 3.57. The van der Waals surface area contributed by atoms with Crippen molar-refractivity contribution >= 4 is 5.91 Å². The van der Waals surface area contributed by atoms with Gasteiger partial charge in [-0.15, -0.1) is 0 Å². The highest BCUT2D eigenvalue weighted by Crippen LogP contribution is 2.17.